The molecule has 0 fully saturated rings. The van der Waals surface area contributed by atoms with Crippen molar-refractivity contribution < 1.29 is 15.0 Å². The molecule has 0 saturated carbocycles. The summed E-state index contributed by atoms with van der Waals surface area (Å²) >= 11 is 0. The van der Waals surface area contributed by atoms with E-state index in [1.807, 2.05) is 42.5 Å². The Bertz CT molecular complexity index is 2670. The van der Waals surface area contributed by atoms with E-state index in [2.05, 4.69) is 103 Å². The minimum absolute atomic E-state index is 0.0133. The predicted molar refractivity (Wildman–Crippen MR) is 218 cm³/mol. The van der Waals surface area contributed by atoms with Crippen molar-refractivity contribution in [3.8, 4) is 56.3 Å². The van der Waals surface area contributed by atoms with Gasteiger partial charge < -0.3 is 5.11 Å². The van der Waals surface area contributed by atoms with Gasteiger partial charge in [0.1, 0.15) is 17.4 Å². The fourth-order valence-corrected chi connectivity index (χ4v) is 6.71. The Labute approximate surface area is 318 Å². The first kappa shape index (κ1) is 31.0. The van der Waals surface area contributed by atoms with Gasteiger partial charge in [0, 0.05) is 28.6 Å². The number of aromatic nitrogens is 3. The van der Waals surface area contributed by atoms with E-state index in [1.54, 1.807) is 18.3 Å². The Morgan fingerprint density at radius 3 is 1.94 bits per heavy atom. The molecule has 7 rings (SSSR count). The molecule has 0 atom stereocenters. The number of imidazole rings is 1. The predicted octanol–water partition coefficient (Wildman–Crippen LogP) is 12.8. The van der Waals surface area contributed by atoms with E-state index in [9.17, 15) is 9.50 Å². The zero-order valence-electron chi connectivity index (χ0n) is 35.9. The number of phenolic OH excluding ortho intramolecular Hbond substituents is 1. The summed E-state index contributed by atoms with van der Waals surface area (Å²) in [7, 11) is 0. The largest absolute Gasteiger partial charge is 0.507 e. The highest BCUT2D eigenvalue weighted by atomic mass is 19.1. The molecule has 0 bridgehead atoms. The van der Waals surface area contributed by atoms with Crippen molar-refractivity contribution in [2.75, 3.05) is 0 Å². The number of rotatable bonds is 5. The molecule has 2 aromatic heterocycles. The maximum absolute atomic E-state index is 14.5. The number of fused-ring (bicyclic) bond motifs is 1. The van der Waals surface area contributed by atoms with Gasteiger partial charge in [0.2, 0.25) is 0 Å². The minimum Gasteiger partial charge on any atom is -0.507 e. The molecular formula is C48H48FN3O. The Morgan fingerprint density at radius 1 is 0.623 bits per heavy atom. The van der Waals surface area contributed by atoms with Gasteiger partial charge in [0.05, 0.1) is 27.8 Å². The lowest BCUT2D eigenvalue weighted by Crippen LogP contribution is -2.17. The number of hydrogen-bond acceptors (Lipinski definition) is 3. The summed E-state index contributed by atoms with van der Waals surface area (Å²) in [5, 5.41) is 12.1. The van der Waals surface area contributed by atoms with E-state index >= 15 is 0 Å². The topological polar surface area (TPSA) is 50.9 Å². The number of phenols is 1. The van der Waals surface area contributed by atoms with Gasteiger partial charge >= 0.3 is 0 Å². The van der Waals surface area contributed by atoms with Crippen LogP contribution in [0, 0.1) is 5.82 Å². The summed E-state index contributed by atoms with van der Waals surface area (Å²) in [6.45, 7) is 19.3. The van der Waals surface area contributed by atoms with Crippen molar-refractivity contribution >= 4 is 11.0 Å². The van der Waals surface area contributed by atoms with Crippen molar-refractivity contribution in [3.05, 3.63) is 144 Å². The van der Waals surface area contributed by atoms with Crippen LogP contribution in [0.4, 0.5) is 4.39 Å². The number of halogens is 1. The van der Waals surface area contributed by atoms with Crippen LogP contribution >= 0.6 is 0 Å². The zero-order valence-corrected chi connectivity index (χ0v) is 31.9. The van der Waals surface area contributed by atoms with Crippen LogP contribution in [0.2, 0.25) is 0 Å². The van der Waals surface area contributed by atoms with E-state index in [0.717, 1.165) is 50.1 Å². The molecule has 0 aliphatic rings. The fraction of sp³-hybridized carbons (Fsp3) is 0.250. The highest BCUT2D eigenvalue weighted by Crippen LogP contribution is 2.45. The molecule has 4 nitrogen and oxygen atoms in total. The maximum atomic E-state index is 14.5. The van der Waals surface area contributed by atoms with Crippen molar-refractivity contribution in [2.24, 2.45) is 0 Å². The number of pyridine rings is 1. The normalized spacial score (nSPS) is 13.5. The average Bonchev–Trinajstić information content (AvgIpc) is 3.55. The van der Waals surface area contributed by atoms with E-state index in [4.69, 9.17) is 15.5 Å². The van der Waals surface area contributed by atoms with Crippen LogP contribution < -0.4 is 0 Å². The molecule has 2 heterocycles. The standard InChI is InChI=1S/C48H48FN3O/c1-46(2,3)34-25-32(24-33(26-34)41-27-31(22-23-50-41)30-18-20-36(49)21-19-30)38-16-13-17-42-43(38)51-45(52(42)37-14-11-10-12-15-37)39-28-35(47(4,5)6)29-40(44(39)53)48(7,8)9/h10-29,53H,1-9H3/i18D,19D,20D,21D. The number of benzene rings is 5. The van der Waals surface area contributed by atoms with E-state index in [0.29, 0.717) is 22.6 Å². The summed E-state index contributed by atoms with van der Waals surface area (Å²) in [4.78, 5) is 10.1. The molecule has 0 spiro atoms. The number of para-hydroxylation sites is 2. The summed E-state index contributed by atoms with van der Waals surface area (Å²) in [5.41, 5.74) is 8.90. The second-order valence-corrected chi connectivity index (χ2v) is 16.9. The van der Waals surface area contributed by atoms with Crippen LogP contribution in [-0.2, 0) is 16.2 Å². The Morgan fingerprint density at radius 2 is 1.28 bits per heavy atom. The van der Waals surface area contributed by atoms with Gasteiger partial charge in [-0.1, -0.05) is 117 Å². The van der Waals surface area contributed by atoms with Gasteiger partial charge in [0.25, 0.3) is 0 Å². The summed E-state index contributed by atoms with van der Waals surface area (Å²) in [6.07, 6.45) is 1.57. The molecule has 5 heteroatoms. The maximum Gasteiger partial charge on any atom is 0.149 e. The highest BCUT2D eigenvalue weighted by molar-refractivity contribution is 5.97. The Balaban J connectivity index is 1.50. The van der Waals surface area contributed by atoms with Gasteiger partial charge in [-0.2, -0.15) is 0 Å². The monoisotopic (exact) mass is 705 g/mol. The van der Waals surface area contributed by atoms with E-state index < -0.39 is 30.0 Å². The van der Waals surface area contributed by atoms with Crippen LogP contribution in [0.1, 0.15) is 84.5 Å². The molecule has 1 N–H and O–H groups in total. The van der Waals surface area contributed by atoms with Gasteiger partial charge in [-0.05, 0) is 105 Å². The zero-order chi connectivity index (χ0) is 41.4. The molecule has 53 heavy (non-hydrogen) atoms. The first-order valence-corrected chi connectivity index (χ1v) is 18.0. The minimum atomic E-state index is -1.18. The summed E-state index contributed by atoms with van der Waals surface area (Å²) < 4.78 is 49.8. The van der Waals surface area contributed by atoms with Crippen LogP contribution in [0.25, 0.3) is 61.6 Å². The summed E-state index contributed by atoms with van der Waals surface area (Å²) in [6, 6.07) is 27.7. The molecule has 0 unspecified atom stereocenters. The summed E-state index contributed by atoms with van der Waals surface area (Å²) in [5.74, 6) is -0.349. The van der Waals surface area contributed by atoms with Crippen LogP contribution in [0.5, 0.6) is 5.75 Å². The molecule has 0 aliphatic carbocycles. The van der Waals surface area contributed by atoms with Crippen molar-refractivity contribution in [2.45, 2.75) is 78.6 Å². The highest BCUT2D eigenvalue weighted by Gasteiger charge is 2.29. The molecule has 268 valence electrons. The van der Waals surface area contributed by atoms with Crippen LogP contribution in [-0.4, -0.2) is 19.6 Å². The third kappa shape index (κ3) is 7.01. The molecule has 0 aliphatic heterocycles. The van der Waals surface area contributed by atoms with E-state index in [-0.39, 0.29) is 27.6 Å². The van der Waals surface area contributed by atoms with Crippen molar-refractivity contribution in [1.82, 2.24) is 14.5 Å². The first-order valence-electron chi connectivity index (χ1n) is 20.0. The first-order chi connectivity index (χ1) is 26.7. The number of nitrogens with zero attached hydrogens (tertiary/aromatic N) is 3. The molecular weight excluding hydrogens is 654 g/mol. The van der Waals surface area contributed by atoms with Crippen molar-refractivity contribution in [1.29, 1.82) is 0 Å². The smallest absolute Gasteiger partial charge is 0.149 e. The second-order valence-electron chi connectivity index (χ2n) is 16.9. The third-order valence-corrected chi connectivity index (χ3v) is 9.77. The van der Waals surface area contributed by atoms with E-state index in [1.165, 1.54) is 0 Å². The lowest BCUT2D eigenvalue weighted by Gasteiger charge is -2.27. The molecule has 0 saturated heterocycles. The third-order valence-electron chi connectivity index (χ3n) is 9.77. The second kappa shape index (κ2) is 13.1. The molecule has 7 aromatic rings. The fourth-order valence-electron chi connectivity index (χ4n) is 6.71. The van der Waals surface area contributed by atoms with Crippen molar-refractivity contribution in [3.63, 3.8) is 0 Å². The molecule has 5 aromatic carbocycles. The Kier molecular flexibility index (Phi) is 7.69. The van der Waals surface area contributed by atoms with Gasteiger partial charge in [-0.3, -0.25) is 9.55 Å². The lowest BCUT2D eigenvalue weighted by molar-refractivity contribution is 0.446. The molecule has 0 radical (unpaired) electrons. The molecule has 0 amide bonds. The van der Waals surface area contributed by atoms with Gasteiger partial charge in [0.15, 0.2) is 0 Å². The van der Waals surface area contributed by atoms with Crippen LogP contribution in [0.15, 0.2) is 121 Å². The SMILES string of the molecule is [2H]c1c([2H])c(-c2ccnc(-c3cc(-c4cccc5c4nc(-c4cc(C(C)(C)C)cc(C(C)(C)C)c4O)n5-c4ccccc4)cc(C(C)(C)C)c3)c2)c([2H])c([2H])c1F. The van der Waals surface area contributed by atoms with Gasteiger partial charge in [-0.15, -0.1) is 0 Å². The van der Waals surface area contributed by atoms with Gasteiger partial charge in [-0.25, -0.2) is 9.37 Å². The average molecular weight is 706 g/mol. The lowest BCUT2D eigenvalue weighted by atomic mass is 9.79. The van der Waals surface area contributed by atoms with Crippen LogP contribution in [0.3, 0.4) is 0 Å². The number of hydrogen-bond donors (Lipinski definition) is 1. The Hall–Kier alpha value is -5.55. The number of aromatic hydroxyl groups is 1. The quantitative estimate of drug-likeness (QED) is 0.194.